The minimum Gasteiger partial charge on any atom is -0.480 e. The van der Waals surface area contributed by atoms with Crippen molar-refractivity contribution < 1.29 is 24.2 Å². The van der Waals surface area contributed by atoms with E-state index in [0.29, 0.717) is 11.5 Å². The number of hydrogen-bond donors (Lipinski definition) is 2. The fraction of sp³-hybridized carbons (Fsp3) is 0.571. The van der Waals surface area contributed by atoms with Gasteiger partial charge in [-0.2, -0.15) is 11.8 Å². The molecule has 0 aromatic heterocycles. The molecule has 7 nitrogen and oxygen atoms in total. The minimum absolute atomic E-state index is 0.0778. The van der Waals surface area contributed by atoms with E-state index in [-0.39, 0.29) is 31.0 Å². The number of likely N-dealkylation sites (tertiary alicyclic amines) is 1. The van der Waals surface area contributed by atoms with Crippen molar-refractivity contribution in [1.82, 2.24) is 10.2 Å². The summed E-state index contributed by atoms with van der Waals surface area (Å²) in [5.41, 5.74) is 0.824. The maximum Gasteiger partial charge on any atom is 0.408 e. The highest BCUT2D eigenvalue weighted by molar-refractivity contribution is 7.99. The van der Waals surface area contributed by atoms with E-state index in [2.05, 4.69) is 19.2 Å². The van der Waals surface area contributed by atoms with Crippen LogP contribution in [0.2, 0.25) is 0 Å². The van der Waals surface area contributed by atoms with E-state index in [1.807, 2.05) is 35.2 Å². The number of carboxylic acid groups (broad SMARTS) is 1. The molecule has 1 fully saturated rings. The molecule has 29 heavy (non-hydrogen) atoms. The van der Waals surface area contributed by atoms with Crippen LogP contribution in [0.5, 0.6) is 0 Å². The zero-order valence-corrected chi connectivity index (χ0v) is 17.8. The third kappa shape index (κ3) is 7.61. The molecule has 160 valence electrons. The number of carbonyl (C=O) groups excluding carboxylic acids is 2. The van der Waals surface area contributed by atoms with Crippen molar-refractivity contribution in [2.24, 2.45) is 0 Å². The molecule has 0 saturated carbocycles. The van der Waals surface area contributed by atoms with Gasteiger partial charge in [0.25, 0.3) is 0 Å². The summed E-state index contributed by atoms with van der Waals surface area (Å²) in [6, 6.07) is 8.62. The van der Waals surface area contributed by atoms with E-state index in [1.165, 1.54) is 11.8 Å². The minimum atomic E-state index is -1.12. The SMILES string of the molecule is CC1CCCC(C)N1C(=O)CSCCC(NC(=O)OCc1ccccc1)C(=O)O. The van der Waals surface area contributed by atoms with Gasteiger partial charge < -0.3 is 20.1 Å². The van der Waals surface area contributed by atoms with Crippen LogP contribution in [0.3, 0.4) is 0 Å². The number of thioether (sulfide) groups is 1. The molecule has 8 heteroatoms. The van der Waals surface area contributed by atoms with Gasteiger partial charge in [-0.25, -0.2) is 9.59 Å². The molecular weight excluding hydrogens is 392 g/mol. The number of nitrogens with one attached hydrogen (secondary N) is 1. The number of piperidine rings is 1. The molecule has 1 heterocycles. The lowest BCUT2D eigenvalue weighted by molar-refractivity contribution is -0.139. The van der Waals surface area contributed by atoms with E-state index in [9.17, 15) is 19.5 Å². The van der Waals surface area contributed by atoms with E-state index in [0.717, 1.165) is 24.8 Å². The lowest BCUT2D eigenvalue weighted by Gasteiger charge is -2.39. The average molecular weight is 423 g/mol. The van der Waals surface area contributed by atoms with Gasteiger partial charge in [-0.1, -0.05) is 30.3 Å². The van der Waals surface area contributed by atoms with Crippen LogP contribution >= 0.6 is 11.8 Å². The Kier molecular flexibility index (Phi) is 9.31. The third-order valence-electron chi connectivity index (χ3n) is 5.06. The topological polar surface area (TPSA) is 95.9 Å². The Balaban J connectivity index is 1.71. The van der Waals surface area contributed by atoms with Gasteiger partial charge in [0, 0.05) is 12.1 Å². The van der Waals surface area contributed by atoms with E-state index >= 15 is 0 Å². The molecule has 1 aliphatic heterocycles. The van der Waals surface area contributed by atoms with Crippen molar-refractivity contribution in [3.05, 3.63) is 35.9 Å². The van der Waals surface area contributed by atoms with E-state index < -0.39 is 18.1 Å². The van der Waals surface area contributed by atoms with Crippen LogP contribution < -0.4 is 5.32 Å². The first-order chi connectivity index (χ1) is 13.9. The highest BCUT2D eigenvalue weighted by Gasteiger charge is 2.28. The third-order valence-corrected chi connectivity index (χ3v) is 6.04. The molecule has 3 atom stereocenters. The number of alkyl carbamates (subject to hydrolysis) is 1. The summed E-state index contributed by atoms with van der Waals surface area (Å²) < 4.78 is 5.08. The van der Waals surface area contributed by atoms with Crippen LogP contribution in [0.15, 0.2) is 30.3 Å². The molecule has 2 rings (SSSR count). The predicted octanol–water partition coefficient (Wildman–Crippen LogP) is 3.28. The molecule has 1 aromatic carbocycles. The maximum absolute atomic E-state index is 12.5. The maximum atomic E-state index is 12.5. The van der Waals surface area contributed by atoms with Gasteiger partial charge in [-0.15, -0.1) is 0 Å². The molecule has 0 aliphatic carbocycles. The smallest absolute Gasteiger partial charge is 0.408 e. The first-order valence-electron chi connectivity index (χ1n) is 9.97. The largest absolute Gasteiger partial charge is 0.480 e. The van der Waals surface area contributed by atoms with Crippen LogP contribution in [0.4, 0.5) is 4.79 Å². The van der Waals surface area contributed by atoms with Crippen LogP contribution in [0, 0.1) is 0 Å². The standard InChI is InChI=1S/C21H30N2O5S/c1-15-7-6-8-16(2)23(15)19(24)14-29-12-11-18(20(25)26)22-21(27)28-13-17-9-4-3-5-10-17/h3-5,9-10,15-16,18H,6-8,11-14H2,1-2H3,(H,22,27)(H,25,26). The van der Waals surface area contributed by atoms with Gasteiger partial charge in [-0.3, -0.25) is 4.79 Å². The van der Waals surface area contributed by atoms with E-state index in [4.69, 9.17) is 4.74 Å². The normalized spacial score (nSPS) is 20.0. The zero-order valence-electron chi connectivity index (χ0n) is 17.0. The van der Waals surface area contributed by atoms with Crippen LogP contribution in [0.25, 0.3) is 0 Å². The van der Waals surface area contributed by atoms with Crippen molar-refractivity contribution in [3.8, 4) is 0 Å². The Hall–Kier alpha value is -2.22. The molecule has 3 unspecified atom stereocenters. The molecule has 0 spiro atoms. The molecular formula is C21H30N2O5S. The summed E-state index contributed by atoms with van der Waals surface area (Å²) in [4.78, 5) is 37.7. The highest BCUT2D eigenvalue weighted by atomic mass is 32.2. The summed E-state index contributed by atoms with van der Waals surface area (Å²) in [5.74, 6) is -0.249. The zero-order chi connectivity index (χ0) is 21.2. The summed E-state index contributed by atoms with van der Waals surface area (Å²) in [7, 11) is 0. The number of carboxylic acids is 1. The highest BCUT2D eigenvalue weighted by Crippen LogP contribution is 2.23. The monoisotopic (exact) mass is 422 g/mol. The first kappa shape index (κ1) is 23.1. The molecule has 1 saturated heterocycles. The summed E-state index contributed by atoms with van der Waals surface area (Å²) >= 11 is 1.40. The second-order valence-corrected chi connectivity index (χ2v) is 8.47. The molecule has 0 bridgehead atoms. The van der Waals surface area contributed by atoms with Crippen LogP contribution in [-0.4, -0.2) is 57.6 Å². The fourth-order valence-electron chi connectivity index (χ4n) is 3.51. The predicted molar refractivity (Wildman–Crippen MR) is 113 cm³/mol. The Labute approximate surface area is 176 Å². The second-order valence-electron chi connectivity index (χ2n) is 7.37. The number of carbonyl (C=O) groups is 3. The lowest BCUT2D eigenvalue weighted by Crippen LogP contribution is -2.48. The Morgan fingerprint density at radius 2 is 1.86 bits per heavy atom. The number of ether oxygens (including phenoxy) is 1. The number of benzene rings is 1. The van der Waals surface area contributed by atoms with Crippen LogP contribution in [0.1, 0.15) is 45.1 Å². The van der Waals surface area contributed by atoms with Gasteiger partial charge in [0.1, 0.15) is 12.6 Å². The number of amides is 2. The number of rotatable bonds is 9. The average Bonchev–Trinajstić information content (AvgIpc) is 2.69. The van der Waals surface area contributed by atoms with Gasteiger partial charge in [0.05, 0.1) is 5.75 Å². The van der Waals surface area contributed by atoms with Crippen molar-refractivity contribution in [2.45, 2.75) is 64.3 Å². The number of hydrogen-bond acceptors (Lipinski definition) is 5. The number of nitrogens with zero attached hydrogens (tertiary/aromatic N) is 1. The van der Waals surface area contributed by atoms with Gasteiger partial charge in [-0.05, 0) is 50.8 Å². The molecule has 1 aromatic rings. The Morgan fingerprint density at radius 1 is 1.21 bits per heavy atom. The first-order valence-corrected chi connectivity index (χ1v) is 11.1. The fourth-order valence-corrected chi connectivity index (χ4v) is 4.38. The summed E-state index contributed by atoms with van der Waals surface area (Å²) in [5, 5.41) is 11.7. The molecule has 2 N–H and O–H groups in total. The molecule has 1 aliphatic rings. The Bertz CT molecular complexity index is 675. The van der Waals surface area contributed by atoms with Crippen molar-refractivity contribution in [1.29, 1.82) is 0 Å². The second kappa shape index (κ2) is 11.7. The lowest BCUT2D eigenvalue weighted by atomic mass is 9.98. The Morgan fingerprint density at radius 3 is 2.48 bits per heavy atom. The van der Waals surface area contributed by atoms with Gasteiger partial charge in [0.15, 0.2) is 0 Å². The van der Waals surface area contributed by atoms with Crippen molar-refractivity contribution in [2.75, 3.05) is 11.5 Å². The van der Waals surface area contributed by atoms with Gasteiger partial charge in [0.2, 0.25) is 5.91 Å². The summed E-state index contributed by atoms with van der Waals surface area (Å²) in [6.07, 6.45) is 2.65. The number of aliphatic carboxylic acids is 1. The van der Waals surface area contributed by atoms with Crippen molar-refractivity contribution >= 4 is 29.7 Å². The quantitative estimate of drug-likeness (QED) is 0.593. The van der Waals surface area contributed by atoms with Crippen molar-refractivity contribution in [3.63, 3.8) is 0 Å². The molecule has 2 amide bonds. The summed E-state index contributed by atoms with van der Waals surface area (Å²) in [6.45, 7) is 4.22. The van der Waals surface area contributed by atoms with Crippen LogP contribution in [-0.2, 0) is 20.9 Å². The van der Waals surface area contributed by atoms with E-state index in [1.54, 1.807) is 0 Å². The van der Waals surface area contributed by atoms with Gasteiger partial charge >= 0.3 is 12.1 Å². The molecule has 0 radical (unpaired) electrons.